The average molecular weight is 409 g/mol. The first-order valence-electron chi connectivity index (χ1n) is 9.75. The number of rotatable bonds is 7. The highest BCUT2D eigenvalue weighted by Crippen LogP contribution is 2.34. The van der Waals surface area contributed by atoms with Gasteiger partial charge in [0.2, 0.25) is 0 Å². The van der Waals surface area contributed by atoms with Crippen molar-refractivity contribution in [1.82, 2.24) is 25.5 Å². The van der Waals surface area contributed by atoms with Crippen LogP contribution in [-0.2, 0) is 4.79 Å². The molecule has 1 atom stereocenters. The zero-order valence-electron chi connectivity index (χ0n) is 16.8. The SMILES string of the molecule is CC(C)[C@H](NC(=O)COc1cccc(-n2cnnn2)c1)c1ccc2c(c1)OCCO2. The van der Waals surface area contributed by atoms with Gasteiger partial charge in [-0.25, -0.2) is 4.68 Å². The van der Waals surface area contributed by atoms with Crippen molar-refractivity contribution in [3.63, 3.8) is 0 Å². The number of nitrogens with one attached hydrogen (secondary N) is 1. The average Bonchev–Trinajstić information content (AvgIpc) is 3.31. The van der Waals surface area contributed by atoms with Gasteiger partial charge < -0.3 is 19.5 Å². The molecule has 1 aliphatic heterocycles. The van der Waals surface area contributed by atoms with E-state index in [1.807, 2.05) is 30.3 Å². The molecule has 1 aromatic heterocycles. The van der Waals surface area contributed by atoms with E-state index >= 15 is 0 Å². The number of carbonyl (C=O) groups excluding carboxylic acids is 1. The van der Waals surface area contributed by atoms with Crippen LogP contribution in [0, 0.1) is 5.92 Å². The van der Waals surface area contributed by atoms with Crippen LogP contribution in [0.2, 0.25) is 0 Å². The molecule has 2 aromatic carbocycles. The van der Waals surface area contributed by atoms with Gasteiger partial charge in [-0.05, 0) is 46.2 Å². The molecule has 156 valence electrons. The minimum absolute atomic E-state index is 0.104. The van der Waals surface area contributed by atoms with Crippen molar-refractivity contribution in [3.05, 3.63) is 54.4 Å². The Morgan fingerprint density at radius 1 is 1.17 bits per heavy atom. The third kappa shape index (κ3) is 4.51. The second-order valence-electron chi connectivity index (χ2n) is 7.23. The molecule has 9 heteroatoms. The van der Waals surface area contributed by atoms with Crippen LogP contribution in [0.4, 0.5) is 0 Å². The summed E-state index contributed by atoms with van der Waals surface area (Å²) in [5.41, 5.74) is 1.71. The first-order valence-corrected chi connectivity index (χ1v) is 9.75. The van der Waals surface area contributed by atoms with Gasteiger partial charge >= 0.3 is 0 Å². The number of nitrogens with zero attached hydrogens (tertiary/aromatic N) is 4. The number of tetrazole rings is 1. The lowest BCUT2D eigenvalue weighted by Gasteiger charge is -2.25. The largest absolute Gasteiger partial charge is 0.486 e. The molecule has 0 aliphatic carbocycles. The standard InChI is InChI=1S/C21H23N5O4/c1-14(2)21(15-6-7-18-19(10-15)29-9-8-28-18)23-20(27)12-30-17-5-3-4-16(11-17)26-13-22-24-25-26/h3-7,10-11,13-14,21H,8-9,12H2,1-2H3,(H,23,27)/t21-/m0/s1. The summed E-state index contributed by atoms with van der Waals surface area (Å²) >= 11 is 0. The number of amides is 1. The van der Waals surface area contributed by atoms with Crippen molar-refractivity contribution in [3.8, 4) is 22.9 Å². The normalized spacial score (nSPS) is 13.7. The molecular formula is C21H23N5O4. The van der Waals surface area contributed by atoms with Crippen LogP contribution < -0.4 is 19.5 Å². The molecule has 0 bridgehead atoms. The van der Waals surface area contributed by atoms with E-state index in [2.05, 4.69) is 34.7 Å². The Bertz CT molecular complexity index is 1010. The lowest BCUT2D eigenvalue weighted by Crippen LogP contribution is -2.35. The molecule has 1 aliphatic rings. The predicted octanol–water partition coefficient (Wildman–Crippen LogP) is 2.33. The fourth-order valence-corrected chi connectivity index (χ4v) is 3.25. The van der Waals surface area contributed by atoms with Gasteiger partial charge in [0.25, 0.3) is 5.91 Å². The van der Waals surface area contributed by atoms with E-state index < -0.39 is 0 Å². The van der Waals surface area contributed by atoms with Crippen LogP contribution in [0.15, 0.2) is 48.8 Å². The Hall–Kier alpha value is -3.62. The van der Waals surface area contributed by atoms with E-state index in [0.717, 1.165) is 17.0 Å². The van der Waals surface area contributed by atoms with Gasteiger partial charge in [0.1, 0.15) is 25.3 Å². The van der Waals surface area contributed by atoms with Gasteiger partial charge in [-0.15, -0.1) is 5.10 Å². The maximum atomic E-state index is 12.6. The van der Waals surface area contributed by atoms with Crippen LogP contribution in [0.5, 0.6) is 17.2 Å². The van der Waals surface area contributed by atoms with E-state index in [9.17, 15) is 4.79 Å². The third-order valence-corrected chi connectivity index (χ3v) is 4.71. The highest BCUT2D eigenvalue weighted by Gasteiger charge is 2.21. The molecule has 4 rings (SSSR count). The predicted molar refractivity (Wildman–Crippen MR) is 108 cm³/mol. The van der Waals surface area contributed by atoms with E-state index in [0.29, 0.717) is 24.7 Å². The zero-order chi connectivity index (χ0) is 20.9. The van der Waals surface area contributed by atoms with Crippen molar-refractivity contribution < 1.29 is 19.0 Å². The fourth-order valence-electron chi connectivity index (χ4n) is 3.25. The Morgan fingerprint density at radius 2 is 2.00 bits per heavy atom. The minimum Gasteiger partial charge on any atom is -0.486 e. The molecule has 0 saturated heterocycles. The van der Waals surface area contributed by atoms with E-state index in [1.54, 1.807) is 12.1 Å². The van der Waals surface area contributed by atoms with E-state index in [1.165, 1.54) is 11.0 Å². The summed E-state index contributed by atoms with van der Waals surface area (Å²) in [4.78, 5) is 12.6. The zero-order valence-corrected chi connectivity index (χ0v) is 16.8. The Kier molecular flexibility index (Phi) is 5.78. The molecule has 0 unspecified atom stereocenters. The quantitative estimate of drug-likeness (QED) is 0.639. The van der Waals surface area contributed by atoms with Crippen LogP contribution in [0.25, 0.3) is 5.69 Å². The Balaban J connectivity index is 1.40. The number of hydrogen-bond donors (Lipinski definition) is 1. The highest BCUT2D eigenvalue weighted by atomic mass is 16.6. The van der Waals surface area contributed by atoms with Crippen LogP contribution in [-0.4, -0.2) is 45.9 Å². The van der Waals surface area contributed by atoms with E-state index in [4.69, 9.17) is 14.2 Å². The molecule has 0 spiro atoms. The lowest BCUT2D eigenvalue weighted by atomic mass is 9.95. The lowest BCUT2D eigenvalue weighted by molar-refractivity contribution is -0.124. The van der Waals surface area contributed by atoms with Crippen LogP contribution in [0.3, 0.4) is 0 Å². The maximum absolute atomic E-state index is 12.6. The summed E-state index contributed by atoms with van der Waals surface area (Å²) < 4.78 is 18.4. The molecule has 2 heterocycles. The topological polar surface area (TPSA) is 100 Å². The molecule has 30 heavy (non-hydrogen) atoms. The van der Waals surface area contributed by atoms with Crippen molar-refractivity contribution >= 4 is 5.91 Å². The monoisotopic (exact) mass is 409 g/mol. The summed E-state index contributed by atoms with van der Waals surface area (Å²) in [6, 6.07) is 12.8. The first kappa shape index (κ1) is 19.7. The number of hydrogen-bond acceptors (Lipinski definition) is 7. The van der Waals surface area contributed by atoms with Crippen molar-refractivity contribution in [2.75, 3.05) is 19.8 Å². The van der Waals surface area contributed by atoms with Gasteiger partial charge in [0.15, 0.2) is 18.1 Å². The summed E-state index contributed by atoms with van der Waals surface area (Å²) in [5, 5.41) is 14.1. The van der Waals surface area contributed by atoms with Gasteiger partial charge in [-0.3, -0.25) is 4.79 Å². The fraction of sp³-hybridized carbons (Fsp3) is 0.333. The molecule has 1 N–H and O–H groups in total. The third-order valence-electron chi connectivity index (χ3n) is 4.71. The molecule has 3 aromatic rings. The molecule has 0 fully saturated rings. The van der Waals surface area contributed by atoms with Gasteiger partial charge in [0.05, 0.1) is 11.7 Å². The van der Waals surface area contributed by atoms with Crippen LogP contribution >= 0.6 is 0 Å². The molecule has 0 radical (unpaired) electrons. The number of fused-ring (bicyclic) bond motifs is 1. The summed E-state index contributed by atoms with van der Waals surface area (Å²) in [7, 11) is 0. The molecule has 9 nitrogen and oxygen atoms in total. The van der Waals surface area contributed by atoms with Crippen LogP contribution in [0.1, 0.15) is 25.5 Å². The Labute approximate surface area is 173 Å². The second-order valence-corrected chi connectivity index (χ2v) is 7.23. The second kappa shape index (κ2) is 8.81. The molecule has 0 saturated carbocycles. The minimum atomic E-state index is -0.212. The smallest absolute Gasteiger partial charge is 0.258 e. The highest BCUT2D eigenvalue weighted by molar-refractivity contribution is 5.78. The molecule has 1 amide bonds. The van der Waals surface area contributed by atoms with Gasteiger partial charge in [-0.1, -0.05) is 26.0 Å². The molecular weight excluding hydrogens is 386 g/mol. The van der Waals surface area contributed by atoms with Crippen molar-refractivity contribution in [2.45, 2.75) is 19.9 Å². The maximum Gasteiger partial charge on any atom is 0.258 e. The summed E-state index contributed by atoms with van der Waals surface area (Å²) in [6.07, 6.45) is 1.49. The Morgan fingerprint density at radius 3 is 2.77 bits per heavy atom. The summed E-state index contributed by atoms with van der Waals surface area (Å²) in [6.45, 7) is 5.07. The van der Waals surface area contributed by atoms with Crippen molar-refractivity contribution in [2.24, 2.45) is 5.92 Å². The number of ether oxygens (including phenoxy) is 3. The number of carbonyl (C=O) groups is 1. The van der Waals surface area contributed by atoms with Crippen molar-refractivity contribution in [1.29, 1.82) is 0 Å². The summed E-state index contributed by atoms with van der Waals surface area (Å²) in [5.74, 6) is 1.95. The number of aromatic nitrogens is 4. The van der Waals surface area contributed by atoms with Gasteiger partial charge in [0, 0.05) is 6.07 Å². The van der Waals surface area contributed by atoms with Gasteiger partial charge in [-0.2, -0.15) is 0 Å². The first-order chi connectivity index (χ1) is 14.6. The number of benzene rings is 2. The van der Waals surface area contributed by atoms with E-state index in [-0.39, 0.29) is 24.5 Å².